The van der Waals surface area contributed by atoms with Crippen LogP contribution < -0.4 is 0 Å². The molecule has 0 saturated carbocycles. The summed E-state index contributed by atoms with van der Waals surface area (Å²) < 4.78 is 0. The van der Waals surface area contributed by atoms with E-state index in [1.54, 1.807) is 36.4 Å². The van der Waals surface area contributed by atoms with Gasteiger partial charge < -0.3 is 15.3 Å². The van der Waals surface area contributed by atoms with E-state index in [1.165, 1.54) is 18.2 Å². The number of carbonyl (C=O) groups is 1. The van der Waals surface area contributed by atoms with Crippen molar-refractivity contribution in [2.45, 2.75) is 0 Å². The van der Waals surface area contributed by atoms with Crippen LogP contribution in [0.3, 0.4) is 0 Å². The van der Waals surface area contributed by atoms with Crippen LogP contribution >= 0.6 is 0 Å². The van der Waals surface area contributed by atoms with Crippen LogP contribution in [0.4, 0.5) is 0 Å². The summed E-state index contributed by atoms with van der Waals surface area (Å²) in [7, 11) is 0. The monoisotopic (exact) mass is 280 g/mol. The van der Waals surface area contributed by atoms with Crippen LogP contribution in [-0.4, -0.2) is 21.1 Å². The van der Waals surface area contributed by atoms with Gasteiger partial charge >= 0.3 is 0 Å². The summed E-state index contributed by atoms with van der Waals surface area (Å²) in [6, 6.07) is 14.0. The molecule has 0 unspecified atom stereocenters. The van der Waals surface area contributed by atoms with Crippen molar-refractivity contribution < 1.29 is 20.1 Å². The predicted octanol–water partition coefficient (Wildman–Crippen LogP) is 3.19. The normalized spacial score (nSPS) is 10.7. The van der Waals surface area contributed by atoms with E-state index < -0.39 is 5.78 Å². The van der Waals surface area contributed by atoms with Gasteiger partial charge in [-0.15, -0.1) is 0 Å². The molecule has 0 amide bonds. The number of para-hydroxylation sites is 1. The molecule has 0 aliphatic rings. The van der Waals surface area contributed by atoms with E-state index in [9.17, 15) is 20.1 Å². The Kier molecular flexibility index (Phi) is 2.99. The number of rotatable bonds is 2. The number of hydrogen-bond donors (Lipinski definition) is 3. The summed E-state index contributed by atoms with van der Waals surface area (Å²) in [6.45, 7) is 0. The quantitative estimate of drug-likeness (QED) is 0.497. The molecule has 3 aromatic rings. The van der Waals surface area contributed by atoms with Crippen molar-refractivity contribution in [3.63, 3.8) is 0 Å². The van der Waals surface area contributed by atoms with Gasteiger partial charge in [-0.1, -0.05) is 36.4 Å². The van der Waals surface area contributed by atoms with Gasteiger partial charge in [0, 0.05) is 10.8 Å². The third-order valence-corrected chi connectivity index (χ3v) is 3.39. The van der Waals surface area contributed by atoms with E-state index in [-0.39, 0.29) is 28.4 Å². The standard InChI is InChI=1S/C17H12O4/c18-14-8-4-3-7-12(14)17(21)13-9-15(19)10-5-1-2-6-11(10)16(13)20/h1-9,18-20H. The molecule has 21 heavy (non-hydrogen) atoms. The summed E-state index contributed by atoms with van der Waals surface area (Å²) in [5, 5.41) is 30.9. The molecule has 0 saturated heterocycles. The minimum atomic E-state index is -0.549. The van der Waals surface area contributed by atoms with Gasteiger partial charge in [0.15, 0.2) is 0 Å². The molecule has 0 aliphatic carbocycles. The van der Waals surface area contributed by atoms with Crippen LogP contribution in [0.2, 0.25) is 0 Å². The van der Waals surface area contributed by atoms with E-state index in [2.05, 4.69) is 0 Å². The second kappa shape index (κ2) is 4.83. The molecule has 3 aromatic carbocycles. The number of phenols is 3. The minimum Gasteiger partial charge on any atom is -0.507 e. The topological polar surface area (TPSA) is 77.8 Å². The predicted molar refractivity (Wildman–Crippen MR) is 78.8 cm³/mol. The van der Waals surface area contributed by atoms with Gasteiger partial charge in [0.1, 0.15) is 17.2 Å². The Balaban J connectivity index is 2.24. The molecule has 104 valence electrons. The van der Waals surface area contributed by atoms with Gasteiger partial charge in [-0.05, 0) is 18.2 Å². The highest BCUT2D eigenvalue weighted by atomic mass is 16.3. The first kappa shape index (κ1) is 13.0. The first-order valence-corrected chi connectivity index (χ1v) is 6.36. The van der Waals surface area contributed by atoms with Crippen LogP contribution in [0, 0.1) is 0 Å². The van der Waals surface area contributed by atoms with Gasteiger partial charge in [0.05, 0.1) is 11.1 Å². The second-order valence-corrected chi connectivity index (χ2v) is 4.68. The molecular weight excluding hydrogens is 268 g/mol. The maximum atomic E-state index is 12.5. The maximum absolute atomic E-state index is 12.5. The van der Waals surface area contributed by atoms with E-state index >= 15 is 0 Å². The second-order valence-electron chi connectivity index (χ2n) is 4.68. The van der Waals surface area contributed by atoms with Crippen LogP contribution in [0.5, 0.6) is 17.2 Å². The van der Waals surface area contributed by atoms with Crippen LogP contribution in [0.25, 0.3) is 10.8 Å². The fourth-order valence-electron chi connectivity index (χ4n) is 2.32. The number of carbonyl (C=O) groups excluding carboxylic acids is 1. The van der Waals surface area contributed by atoms with Crippen molar-refractivity contribution in [2.75, 3.05) is 0 Å². The molecule has 3 rings (SSSR count). The van der Waals surface area contributed by atoms with Crippen molar-refractivity contribution in [3.05, 3.63) is 65.7 Å². The molecule has 0 aliphatic heterocycles. The van der Waals surface area contributed by atoms with Crippen LogP contribution in [-0.2, 0) is 0 Å². The zero-order valence-electron chi connectivity index (χ0n) is 10.9. The molecular formula is C17H12O4. The maximum Gasteiger partial charge on any atom is 0.200 e. The van der Waals surface area contributed by atoms with Crippen LogP contribution in [0.1, 0.15) is 15.9 Å². The lowest BCUT2D eigenvalue weighted by molar-refractivity contribution is 0.103. The molecule has 3 N–H and O–H groups in total. The lowest BCUT2D eigenvalue weighted by Crippen LogP contribution is -2.02. The van der Waals surface area contributed by atoms with Crippen molar-refractivity contribution in [2.24, 2.45) is 0 Å². The largest absolute Gasteiger partial charge is 0.507 e. The number of hydrogen-bond acceptors (Lipinski definition) is 4. The Labute approximate surface area is 120 Å². The SMILES string of the molecule is O=C(c1ccccc1O)c1cc(O)c2ccccc2c1O. The summed E-state index contributed by atoms with van der Waals surface area (Å²) in [5.41, 5.74) is 0.0233. The fourth-order valence-corrected chi connectivity index (χ4v) is 2.32. The van der Waals surface area contributed by atoms with Gasteiger partial charge in [0.25, 0.3) is 0 Å². The zero-order chi connectivity index (χ0) is 15.0. The molecule has 0 fully saturated rings. The number of ketones is 1. The summed E-state index contributed by atoms with van der Waals surface area (Å²) in [6.07, 6.45) is 0. The van der Waals surface area contributed by atoms with E-state index in [0.29, 0.717) is 10.8 Å². The van der Waals surface area contributed by atoms with Crippen LogP contribution in [0.15, 0.2) is 54.6 Å². The van der Waals surface area contributed by atoms with E-state index in [4.69, 9.17) is 0 Å². The Morgan fingerprint density at radius 2 is 1.33 bits per heavy atom. The van der Waals surface area contributed by atoms with Gasteiger partial charge in [-0.2, -0.15) is 0 Å². The average molecular weight is 280 g/mol. The molecule has 0 bridgehead atoms. The third kappa shape index (κ3) is 2.07. The number of benzene rings is 3. The third-order valence-electron chi connectivity index (χ3n) is 3.39. The number of aromatic hydroxyl groups is 3. The van der Waals surface area contributed by atoms with Crippen molar-refractivity contribution >= 4 is 16.6 Å². The molecule has 0 heterocycles. The fraction of sp³-hybridized carbons (Fsp3) is 0. The summed E-state index contributed by atoms with van der Waals surface area (Å²) >= 11 is 0. The average Bonchev–Trinajstić information content (AvgIpc) is 2.51. The van der Waals surface area contributed by atoms with E-state index in [0.717, 1.165) is 0 Å². The van der Waals surface area contributed by atoms with Crippen molar-refractivity contribution in [1.82, 2.24) is 0 Å². The molecule has 0 radical (unpaired) electrons. The Morgan fingerprint density at radius 3 is 2.05 bits per heavy atom. The van der Waals surface area contributed by atoms with Crippen molar-refractivity contribution in [1.29, 1.82) is 0 Å². The number of fused-ring (bicyclic) bond motifs is 1. The zero-order valence-corrected chi connectivity index (χ0v) is 10.9. The highest BCUT2D eigenvalue weighted by Crippen LogP contribution is 2.37. The molecule has 0 spiro atoms. The Hall–Kier alpha value is -3.01. The number of phenolic OH excluding ortho intramolecular Hbond substituents is 3. The summed E-state index contributed by atoms with van der Waals surface area (Å²) in [5.74, 6) is -1.03. The van der Waals surface area contributed by atoms with Gasteiger partial charge in [-0.3, -0.25) is 4.79 Å². The highest BCUT2D eigenvalue weighted by Gasteiger charge is 2.20. The first-order chi connectivity index (χ1) is 10.1. The van der Waals surface area contributed by atoms with Gasteiger partial charge in [0.2, 0.25) is 5.78 Å². The highest BCUT2D eigenvalue weighted by molar-refractivity contribution is 6.15. The molecule has 0 aromatic heterocycles. The first-order valence-electron chi connectivity index (χ1n) is 6.36. The molecule has 4 heteroatoms. The van der Waals surface area contributed by atoms with Gasteiger partial charge in [-0.25, -0.2) is 0 Å². The molecule has 4 nitrogen and oxygen atoms in total. The molecule has 0 atom stereocenters. The Morgan fingerprint density at radius 1 is 0.714 bits per heavy atom. The minimum absolute atomic E-state index is 0.0484. The lowest BCUT2D eigenvalue weighted by atomic mass is 9.97. The smallest absolute Gasteiger partial charge is 0.200 e. The summed E-state index contributed by atoms with van der Waals surface area (Å²) in [4.78, 5) is 12.5. The van der Waals surface area contributed by atoms with Crippen molar-refractivity contribution in [3.8, 4) is 17.2 Å². The lowest BCUT2D eigenvalue weighted by Gasteiger charge is -2.10. The Bertz CT molecular complexity index is 853. The van der Waals surface area contributed by atoms with E-state index in [1.807, 2.05) is 0 Å².